The van der Waals surface area contributed by atoms with Crippen molar-refractivity contribution >= 4 is 38.0 Å². The van der Waals surface area contributed by atoms with Crippen LogP contribution in [0.4, 0.5) is 5.13 Å². The van der Waals surface area contributed by atoms with Gasteiger partial charge in [0.15, 0.2) is 5.13 Å². The number of hydrogen-bond acceptors (Lipinski definition) is 5. The number of hydrogen-bond donors (Lipinski definition) is 1. The maximum atomic E-state index is 4.55. The minimum Gasteiger partial charge on any atom is -0.356 e. The van der Waals surface area contributed by atoms with Gasteiger partial charge in [-0.2, -0.15) is 0 Å². The molecule has 0 saturated carbocycles. The van der Waals surface area contributed by atoms with Crippen LogP contribution in [0.25, 0.3) is 10.2 Å². The normalized spacial score (nSPS) is 11.0. The average Bonchev–Trinajstić information content (AvgIpc) is 2.89. The Morgan fingerprint density at radius 3 is 2.67 bits per heavy atom. The van der Waals surface area contributed by atoms with Crippen molar-refractivity contribution in [3.8, 4) is 0 Å². The highest BCUT2D eigenvalue weighted by molar-refractivity contribution is 7.22. The van der Waals surface area contributed by atoms with E-state index in [1.165, 1.54) is 9.58 Å². The molecule has 1 aromatic carbocycles. The highest BCUT2D eigenvalue weighted by atomic mass is 32.1. The number of aromatic nitrogens is 2. The van der Waals surface area contributed by atoms with Crippen molar-refractivity contribution in [2.45, 2.75) is 20.4 Å². The van der Waals surface area contributed by atoms with Gasteiger partial charge in [0.25, 0.3) is 0 Å². The van der Waals surface area contributed by atoms with E-state index in [9.17, 15) is 0 Å². The van der Waals surface area contributed by atoms with Gasteiger partial charge in [0.05, 0.1) is 27.5 Å². The summed E-state index contributed by atoms with van der Waals surface area (Å²) in [5, 5.41) is 5.43. The van der Waals surface area contributed by atoms with Crippen molar-refractivity contribution in [3.05, 3.63) is 39.8 Å². The third-order valence-electron chi connectivity index (χ3n) is 2.70. The SMILES string of the molecule is Cc1nc(CNc2nc3ccccc3s2)c(C)s1. The second-order valence-electron chi connectivity index (χ2n) is 4.08. The minimum absolute atomic E-state index is 0.746. The lowest BCUT2D eigenvalue weighted by Gasteiger charge is -1.99. The van der Waals surface area contributed by atoms with Gasteiger partial charge in [-0.25, -0.2) is 9.97 Å². The van der Waals surface area contributed by atoms with E-state index in [2.05, 4.69) is 28.3 Å². The molecule has 0 atom stereocenters. The van der Waals surface area contributed by atoms with Crippen molar-refractivity contribution in [3.63, 3.8) is 0 Å². The number of fused-ring (bicyclic) bond motifs is 1. The smallest absolute Gasteiger partial charge is 0.184 e. The second-order valence-corrected chi connectivity index (χ2v) is 6.51. The molecule has 0 spiro atoms. The Kier molecular flexibility index (Phi) is 3.01. The molecule has 3 nitrogen and oxygen atoms in total. The van der Waals surface area contributed by atoms with Gasteiger partial charge in [0.1, 0.15) is 0 Å². The molecule has 2 aromatic heterocycles. The number of thiazole rings is 2. The van der Waals surface area contributed by atoms with E-state index >= 15 is 0 Å². The van der Waals surface area contributed by atoms with E-state index in [0.717, 1.165) is 27.9 Å². The Bertz CT molecular complexity index is 651. The van der Waals surface area contributed by atoms with Crippen LogP contribution >= 0.6 is 22.7 Å². The molecule has 0 fully saturated rings. The lowest BCUT2D eigenvalue weighted by atomic mass is 10.3. The van der Waals surface area contributed by atoms with Crippen LogP contribution in [0.2, 0.25) is 0 Å². The first kappa shape index (κ1) is 11.6. The summed E-state index contributed by atoms with van der Waals surface area (Å²) >= 11 is 3.42. The number of nitrogens with one attached hydrogen (secondary N) is 1. The van der Waals surface area contributed by atoms with Crippen LogP contribution in [-0.4, -0.2) is 9.97 Å². The molecule has 3 aromatic rings. The summed E-state index contributed by atoms with van der Waals surface area (Å²) in [4.78, 5) is 10.3. The zero-order chi connectivity index (χ0) is 12.5. The summed E-state index contributed by atoms with van der Waals surface area (Å²) in [7, 11) is 0. The molecule has 2 heterocycles. The highest BCUT2D eigenvalue weighted by Crippen LogP contribution is 2.26. The molecule has 0 bridgehead atoms. The van der Waals surface area contributed by atoms with Crippen LogP contribution in [0, 0.1) is 13.8 Å². The van der Waals surface area contributed by atoms with E-state index in [1.807, 2.05) is 25.1 Å². The Hall–Kier alpha value is -1.46. The van der Waals surface area contributed by atoms with E-state index in [4.69, 9.17) is 0 Å². The quantitative estimate of drug-likeness (QED) is 0.785. The summed E-state index contributed by atoms with van der Waals surface area (Å²) in [5.74, 6) is 0. The van der Waals surface area contributed by atoms with Gasteiger partial charge in [0.2, 0.25) is 0 Å². The fourth-order valence-corrected chi connectivity index (χ4v) is 3.54. The number of aryl methyl sites for hydroxylation is 2. The number of nitrogens with zero attached hydrogens (tertiary/aromatic N) is 2. The van der Waals surface area contributed by atoms with Gasteiger partial charge in [-0.15, -0.1) is 11.3 Å². The summed E-state index contributed by atoms with van der Waals surface area (Å²) in [5.41, 5.74) is 2.17. The highest BCUT2D eigenvalue weighted by Gasteiger charge is 2.06. The summed E-state index contributed by atoms with van der Waals surface area (Å²) in [6, 6.07) is 8.18. The first-order valence-corrected chi connectivity index (χ1v) is 7.38. The zero-order valence-electron chi connectivity index (χ0n) is 10.2. The molecular formula is C13H13N3S2. The molecule has 0 radical (unpaired) electrons. The number of anilines is 1. The minimum atomic E-state index is 0.746. The first-order chi connectivity index (χ1) is 8.72. The van der Waals surface area contributed by atoms with Crippen molar-refractivity contribution in [1.82, 2.24) is 9.97 Å². The molecule has 0 saturated heterocycles. The first-order valence-electron chi connectivity index (χ1n) is 5.75. The van der Waals surface area contributed by atoms with Crippen molar-refractivity contribution < 1.29 is 0 Å². The van der Waals surface area contributed by atoms with Crippen molar-refractivity contribution in [1.29, 1.82) is 0 Å². The van der Waals surface area contributed by atoms with Crippen LogP contribution in [0.5, 0.6) is 0 Å². The second kappa shape index (κ2) is 4.66. The van der Waals surface area contributed by atoms with Crippen LogP contribution in [0.1, 0.15) is 15.6 Å². The molecule has 18 heavy (non-hydrogen) atoms. The Morgan fingerprint density at radius 2 is 1.94 bits per heavy atom. The van der Waals surface area contributed by atoms with Gasteiger partial charge in [-0.1, -0.05) is 23.5 Å². The third kappa shape index (κ3) is 2.23. The molecule has 5 heteroatoms. The molecule has 0 aliphatic heterocycles. The fraction of sp³-hybridized carbons (Fsp3) is 0.231. The van der Waals surface area contributed by atoms with Crippen molar-refractivity contribution in [2.75, 3.05) is 5.32 Å². The number of rotatable bonds is 3. The number of para-hydroxylation sites is 1. The molecule has 92 valence electrons. The Labute approximate surface area is 114 Å². The molecule has 3 rings (SSSR count). The zero-order valence-corrected chi connectivity index (χ0v) is 11.9. The van der Waals surface area contributed by atoms with Gasteiger partial charge in [-0.05, 0) is 26.0 Å². The molecule has 0 unspecified atom stereocenters. The van der Waals surface area contributed by atoms with Gasteiger partial charge >= 0.3 is 0 Å². The van der Waals surface area contributed by atoms with Crippen LogP contribution in [0.3, 0.4) is 0 Å². The van der Waals surface area contributed by atoms with E-state index in [1.54, 1.807) is 22.7 Å². The topological polar surface area (TPSA) is 37.8 Å². The monoisotopic (exact) mass is 275 g/mol. The lowest BCUT2D eigenvalue weighted by Crippen LogP contribution is -2.00. The molecule has 0 amide bonds. The largest absolute Gasteiger partial charge is 0.356 e. The predicted octanol–water partition coefficient (Wildman–Crippen LogP) is 3.98. The standard InChI is InChI=1S/C13H13N3S2/c1-8-11(15-9(2)17-8)7-14-13-16-10-5-3-4-6-12(10)18-13/h3-6H,7H2,1-2H3,(H,14,16). The van der Waals surface area contributed by atoms with Crippen LogP contribution in [0.15, 0.2) is 24.3 Å². The van der Waals surface area contributed by atoms with Gasteiger partial charge in [-0.3, -0.25) is 0 Å². The average molecular weight is 275 g/mol. The van der Waals surface area contributed by atoms with Crippen LogP contribution in [-0.2, 0) is 6.54 Å². The molecule has 1 N–H and O–H groups in total. The van der Waals surface area contributed by atoms with E-state index in [0.29, 0.717) is 0 Å². The maximum Gasteiger partial charge on any atom is 0.184 e. The summed E-state index contributed by atoms with van der Waals surface area (Å²) in [6.07, 6.45) is 0. The van der Waals surface area contributed by atoms with Gasteiger partial charge in [0, 0.05) is 4.88 Å². The predicted molar refractivity (Wildman–Crippen MR) is 78.5 cm³/mol. The number of benzene rings is 1. The lowest BCUT2D eigenvalue weighted by molar-refractivity contribution is 1.03. The van der Waals surface area contributed by atoms with Gasteiger partial charge < -0.3 is 5.32 Å². The van der Waals surface area contributed by atoms with Crippen molar-refractivity contribution in [2.24, 2.45) is 0 Å². The summed E-state index contributed by atoms with van der Waals surface area (Å²) < 4.78 is 1.21. The maximum absolute atomic E-state index is 4.55. The Balaban J connectivity index is 1.78. The van der Waals surface area contributed by atoms with E-state index in [-0.39, 0.29) is 0 Å². The summed E-state index contributed by atoms with van der Waals surface area (Å²) in [6.45, 7) is 4.90. The Morgan fingerprint density at radius 1 is 1.11 bits per heavy atom. The van der Waals surface area contributed by atoms with E-state index < -0.39 is 0 Å². The third-order valence-corrected chi connectivity index (χ3v) is 4.62. The molecule has 0 aliphatic rings. The molecule has 0 aliphatic carbocycles. The molecular weight excluding hydrogens is 262 g/mol. The fourth-order valence-electron chi connectivity index (χ4n) is 1.84. The van der Waals surface area contributed by atoms with Crippen LogP contribution < -0.4 is 5.32 Å².